The fourth-order valence-electron chi connectivity index (χ4n) is 9.70. The molecule has 2 nitrogen and oxygen atoms in total. The molecule has 0 aliphatic heterocycles. The van der Waals surface area contributed by atoms with Crippen LogP contribution in [0.1, 0.15) is 0 Å². The normalized spacial score (nSPS) is 11.8. The molecule has 12 rings (SSSR count). The lowest BCUT2D eigenvalue weighted by Gasteiger charge is -2.19. The molecule has 0 atom stereocenters. The number of rotatable bonds is 5. The molecule has 0 N–H and O–H groups in total. The minimum absolute atomic E-state index is 0.968. The van der Waals surface area contributed by atoms with Crippen molar-refractivity contribution in [2.24, 2.45) is 7.05 Å². The Morgan fingerprint density at radius 1 is 0.317 bits per heavy atom. The highest BCUT2D eigenvalue weighted by molar-refractivity contribution is 6.23. The fraction of sp³-hybridized carbons (Fsp3) is 0.0172. The van der Waals surface area contributed by atoms with E-state index in [1.54, 1.807) is 0 Å². The quantitative estimate of drug-likeness (QED) is 0.160. The number of nitrogens with zero attached hydrogens (tertiary/aromatic N) is 2. The molecule has 0 radical (unpaired) electrons. The Kier molecular flexibility index (Phi) is 7.79. The summed E-state index contributed by atoms with van der Waals surface area (Å²) in [6.07, 6.45) is 0. The van der Waals surface area contributed by atoms with Crippen molar-refractivity contribution >= 4 is 64.9 Å². The maximum absolute atomic E-state index is 5.23. The largest absolute Gasteiger partial charge is 0.327 e. The number of aromatic nitrogens is 2. The van der Waals surface area contributed by atoms with Gasteiger partial charge in [-0.1, -0.05) is 182 Å². The summed E-state index contributed by atoms with van der Waals surface area (Å²) < 4.78 is 2.24. The number of imidazole rings is 1. The summed E-state index contributed by atoms with van der Waals surface area (Å²) in [5.41, 5.74) is 12.9. The molecule has 0 bridgehead atoms. The Bertz CT molecular complexity index is 3670. The van der Waals surface area contributed by atoms with Crippen LogP contribution < -0.4 is 0 Å². The molecule has 0 saturated heterocycles. The van der Waals surface area contributed by atoms with Gasteiger partial charge in [-0.05, 0) is 123 Å². The van der Waals surface area contributed by atoms with Gasteiger partial charge in [0.2, 0.25) is 0 Å². The lowest BCUT2D eigenvalue weighted by molar-refractivity contribution is 0.962. The van der Waals surface area contributed by atoms with Gasteiger partial charge in [-0.25, -0.2) is 4.98 Å². The predicted octanol–water partition coefficient (Wildman–Crippen LogP) is 15.7. The van der Waals surface area contributed by atoms with Gasteiger partial charge in [0.25, 0.3) is 0 Å². The molecular formula is C58H38N2. The second-order valence-electron chi connectivity index (χ2n) is 16.0. The van der Waals surface area contributed by atoms with Crippen LogP contribution in [0, 0.1) is 0 Å². The topological polar surface area (TPSA) is 17.8 Å². The molecule has 60 heavy (non-hydrogen) atoms. The van der Waals surface area contributed by atoms with Gasteiger partial charge in [-0.2, -0.15) is 0 Å². The van der Waals surface area contributed by atoms with E-state index in [0.717, 1.165) is 22.4 Å². The Morgan fingerprint density at radius 3 is 1.50 bits per heavy atom. The second kappa shape index (κ2) is 13.7. The van der Waals surface area contributed by atoms with E-state index in [4.69, 9.17) is 4.98 Å². The number of benzene rings is 11. The Hall–Kier alpha value is -7.81. The number of hydrogen-bond donors (Lipinski definition) is 0. The molecule has 0 aliphatic rings. The van der Waals surface area contributed by atoms with Gasteiger partial charge in [-0.15, -0.1) is 0 Å². The minimum Gasteiger partial charge on any atom is -0.327 e. The van der Waals surface area contributed by atoms with Crippen molar-refractivity contribution < 1.29 is 0 Å². The van der Waals surface area contributed by atoms with Crippen molar-refractivity contribution in [2.45, 2.75) is 0 Å². The Balaban J connectivity index is 1.09. The van der Waals surface area contributed by atoms with E-state index in [0.29, 0.717) is 0 Å². The highest BCUT2D eigenvalue weighted by atomic mass is 15.1. The Labute approximate surface area is 348 Å². The molecule has 2 heteroatoms. The molecule has 0 amide bonds. The average Bonchev–Trinajstić information content (AvgIpc) is 3.66. The first-order valence-corrected chi connectivity index (χ1v) is 20.7. The summed E-state index contributed by atoms with van der Waals surface area (Å²) in [4.78, 5) is 5.23. The summed E-state index contributed by atoms with van der Waals surface area (Å²) in [6, 6.07) is 77.8. The monoisotopic (exact) mass is 762 g/mol. The second-order valence-corrected chi connectivity index (χ2v) is 16.0. The van der Waals surface area contributed by atoms with E-state index in [1.807, 2.05) is 0 Å². The zero-order chi connectivity index (χ0) is 39.7. The molecule has 0 saturated carbocycles. The summed E-state index contributed by atoms with van der Waals surface area (Å²) in [6.45, 7) is 0. The molecular weight excluding hydrogens is 725 g/mol. The van der Waals surface area contributed by atoms with Crippen molar-refractivity contribution in [3.63, 3.8) is 0 Å². The van der Waals surface area contributed by atoms with Crippen LogP contribution in [0.2, 0.25) is 0 Å². The van der Waals surface area contributed by atoms with Gasteiger partial charge in [0, 0.05) is 18.0 Å². The van der Waals surface area contributed by atoms with E-state index < -0.39 is 0 Å². The average molecular weight is 763 g/mol. The van der Waals surface area contributed by atoms with Crippen LogP contribution in [0.5, 0.6) is 0 Å². The molecule has 280 valence electrons. The van der Waals surface area contributed by atoms with Gasteiger partial charge in [0.15, 0.2) is 0 Å². The molecule has 0 unspecified atom stereocenters. The molecule has 11 aromatic carbocycles. The van der Waals surface area contributed by atoms with E-state index in [1.165, 1.54) is 98.4 Å². The lowest BCUT2D eigenvalue weighted by atomic mass is 9.84. The van der Waals surface area contributed by atoms with Crippen LogP contribution >= 0.6 is 0 Å². The van der Waals surface area contributed by atoms with Crippen molar-refractivity contribution in [1.29, 1.82) is 0 Å². The number of hydrogen-bond acceptors (Lipinski definition) is 1. The zero-order valence-corrected chi connectivity index (χ0v) is 33.1. The van der Waals surface area contributed by atoms with Crippen LogP contribution in [-0.4, -0.2) is 9.55 Å². The first kappa shape index (κ1) is 34.3. The number of aryl methyl sites for hydroxylation is 1. The SMILES string of the molecule is Cn1c(-c2ccccc2)nc2cc(-c3cccc(-c4ccc5c(-c6ccc7ccccc7c6)c6ccccc6c(-c6ccc7ccccc7c6)c5c4)c3)c3ccccc3c21. The summed E-state index contributed by atoms with van der Waals surface area (Å²) in [5.74, 6) is 0.968. The van der Waals surface area contributed by atoms with E-state index >= 15 is 0 Å². The van der Waals surface area contributed by atoms with Gasteiger partial charge in [0.05, 0.1) is 11.0 Å². The van der Waals surface area contributed by atoms with Crippen LogP contribution in [0.25, 0.3) is 121 Å². The van der Waals surface area contributed by atoms with Crippen molar-refractivity contribution in [1.82, 2.24) is 9.55 Å². The first-order chi connectivity index (χ1) is 29.7. The van der Waals surface area contributed by atoms with Gasteiger partial charge >= 0.3 is 0 Å². The predicted molar refractivity (Wildman–Crippen MR) is 255 cm³/mol. The summed E-state index contributed by atoms with van der Waals surface area (Å²) in [5, 5.41) is 12.4. The van der Waals surface area contributed by atoms with Crippen molar-refractivity contribution in [3.05, 3.63) is 212 Å². The standard InChI is InChI=1S/C58H38N2/c1-60-57-51-25-12-9-22-47(51)52(36-54(57)59-58(60)39-16-3-2-4-17-39)44-21-13-20-42(32-44)43-30-31-50-53(35-43)56(46-29-27-38-15-6-8-19-41(38)34-46)49-24-11-10-23-48(49)55(50)45-28-26-37-14-5-7-18-40(37)33-45/h2-36H,1H3. The van der Waals surface area contributed by atoms with Crippen molar-refractivity contribution in [3.8, 4) is 55.9 Å². The van der Waals surface area contributed by atoms with Crippen LogP contribution in [0.3, 0.4) is 0 Å². The summed E-state index contributed by atoms with van der Waals surface area (Å²) >= 11 is 0. The van der Waals surface area contributed by atoms with E-state index in [2.05, 4.69) is 224 Å². The van der Waals surface area contributed by atoms with Crippen molar-refractivity contribution in [2.75, 3.05) is 0 Å². The molecule has 1 heterocycles. The minimum atomic E-state index is 0.968. The van der Waals surface area contributed by atoms with Gasteiger partial charge in [0.1, 0.15) is 5.82 Å². The molecule has 0 aliphatic carbocycles. The third-order valence-electron chi connectivity index (χ3n) is 12.5. The van der Waals surface area contributed by atoms with Crippen LogP contribution in [-0.2, 0) is 7.05 Å². The third-order valence-corrected chi connectivity index (χ3v) is 12.5. The van der Waals surface area contributed by atoms with E-state index in [-0.39, 0.29) is 0 Å². The van der Waals surface area contributed by atoms with Gasteiger partial charge < -0.3 is 4.57 Å². The Morgan fingerprint density at radius 2 is 0.817 bits per heavy atom. The maximum Gasteiger partial charge on any atom is 0.140 e. The molecule has 0 spiro atoms. The zero-order valence-electron chi connectivity index (χ0n) is 33.1. The lowest BCUT2D eigenvalue weighted by Crippen LogP contribution is -1.93. The molecule has 1 aromatic heterocycles. The van der Waals surface area contributed by atoms with Crippen LogP contribution in [0.4, 0.5) is 0 Å². The highest BCUT2D eigenvalue weighted by Gasteiger charge is 2.20. The maximum atomic E-state index is 5.23. The highest BCUT2D eigenvalue weighted by Crippen LogP contribution is 2.46. The summed E-state index contributed by atoms with van der Waals surface area (Å²) in [7, 11) is 2.13. The number of fused-ring (bicyclic) bond motifs is 7. The van der Waals surface area contributed by atoms with Gasteiger partial charge in [-0.3, -0.25) is 0 Å². The smallest absolute Gasteiger partial charge is 0.140 e. The third kappa shape index (κ3) is 5.46. The fourth-order valence-corrected chi connectivity index (χ4v) is 9.70. The first-order valence-electron chi connectivity index (χ1n) is 20.7. The van der Waals surface area contributed by atoms with E-state index in [9.17, 15) is 0 Å². The molecule has 12 aromatic rings. The van der Waals surface area contributed by atoms with Crippen LogP contribution in [0.15, 0.2) is 212 Å². The molecule has 0 fully saturated rings.